The van der Waals surface area contributed by atoms with Crippen molar-refractivity contribution in [2.75, 3.05) is 0 Å². The van der Waals surface area contributed by atoms with Crippen LogP contribution in [0.15, 0.2) is 15.6 Å². The molecule has 10 heavy (non-hydrogen) atoms. The Morgan fingerprint density at radius 2 is 2.70 bits per heavy atom. The quantitative estimate of drug-likeness (QED) is 0.459. The van der Waals surface area contributed by atoms with E-state index in [9.17, 15) is 9.18 Å². The van der Waals surface area contributed by atoms with Crippen LogP contribution in [0.2, 0.25) is 0 Å². The second-order valence-electron chi connectivity index (χ2n) is 1.49. The molecule has 0 amide bonds. The average molecular weight is 142 g/mol. The first kappa shape index (κ1) is 6.64. The molecule has 0 spiro atoms. The first-order valence-corrected chi connectivity index (χ1v) is 2.46. The summed E-state index contributed by atoms with van der Waals surface area (Å²) in [4.78, 5) is 12.7. The highest BCUT2D eigenvalue weighted by Gasteiger charge is 2.00. The zero-order valence-electron chi connectivity index (χ0n) is 4.87. The van der Waals surface area contributed by atoms with Gasteiger partial charge in [-0.25, -0.2) is 9.18 Å². The predicted molar refractivity (Wildman–Crippen MR) is 29.1 cm³/mol. The number of rotatable bonds is 2. The molecular formula is C5H3FN2O2. The van der Waals surface area contributed by atoms with E-state index in [4.69, 9.17) is 0 Å². The van der Waals surface area contributed by atoms with Gasteiger partial charge in [-0.1, -0.05) is 5.16 Å². The summed E-state index contributed by atoms with van der Waals surface area (Å²) in [5.74, 6) is 0.0941. The highest BCUT2D eigenvalue weighted by molar-refractivity contribution is 5.43. The van der Waals surface area contributed by atoms with Gasteiger partial charge in [0.2, 0.25) is 11.9 Å². The first-order chi connectivity index (χ1) is 4.86. The molecule has 0 aliphatic carbocycles. The maximum atomic E-state index is 11.7. The number of hydrogen-bond donors (Lipinski definition) is 0. The van der Waals surface area contributed by atoms with E-state index in [2.05, 4.69) is 14.7 Å². The molecule has 0 saturated heterocycles. The van der Waals surface area contributed by atoms with Crippen LogP contribution in [-0.2, 0) is 11.5 Å². The molecule has 0 bridgehead atoms. The number of carbonyl (C=O) groups excluding carboxylic acids is 1. The van der Waals surface area contributed by atoms with Crippen molar-refractivity contribution in [1.29, 1.82) is 0 Å². The molecule has 1 aromatic rings. The topological polar surface area (TPSA) is 55.5 Å². The number of aromatic nitrogens is 1. The normalized spacial score (nSPS) is 8.90. The van der Waals surface area contributed by atoms with Gasteiger partial charge < -0.3 is 4.52 Å². The molecule has 0 radical (unpaired) electrons. The van der Waals surface area contributed by atoms with Crippen molar-refractivity contribution < 1.29 is 13.7 Å². The standard InChI is InChI=1S/C5H3FN2O2/c6-2-4-1-5(7-3-9)8-10-4/h1H,2H2. The Morgan fingerprint density at radius 1 is 1.90 bits per heavy atom. The zero-order chi connectivity index (χ0) is 7.40. The molecule has 5 heteroatoms. The van der Waals surface area contributed by atoms with Crippen LogP contribution in [-0.4, -0.2) is 11.2 Å². The van der Waals surface area contributed by atoms with E-state index in [1.54, 1.807) is 0 Å². The molecule has 0 aliphatic rings. The van der Waals surface area contributed by atoms with Gasteiger partial charge in [0.25, 0.3) is 0 Å². The lowest BCUT2D eigenvalue weighted by Gasteiger charge is -1.73. The third-order valence-electron chi connectivity index (χ3n) is 0.838. The molecule has 0 atom stereocenters. The molecule has 0 saturated carbocycles. The van der Waals surface area contributed by atoms with Gasteiger partial charge in [-0.15, -0.1) is 4.99 Å². The fourth-order valence-corrected chi connectivity index (χ4v) is 0.465. The predicted octanol–water partition coefficient (Wildman–Crippen LogP) is 1.11. The molecule has 0 fully saturated rings. The molecule has 0 aromatic carbocycles. The highest BCUT2D eigenvalue weighted by atomic mass is 19.1. The largest absolute Gasteiger partial charge is 0.356 e. The van der Waals surface area contributed by atoms with E-state index < -0.39 is 6.67 Å². The second kappa shape index (κ2) is 2.89. The molecule has 4 nitrogen and oxygen atoms in total. The number of isocyanates is 1. The fraction of sp³-hybridized carbons (Fsp3) is 0.200. The van der Waals surface area contributed by atoms with E-state index in [0.29, 0.717) is 0 Å². The van der Waals surface area contributed by atoms with Gasteiger partial charge in [0.15, 0.2) is 12.4 Å². The summed E-state index contributed by atoms with van der Waals surface area (Å²) < 4.78 is 16.1. The molecular weight excluding hydrogens is 139 g/mol. The monoisotopic (exact) mass is 142 g/mol. The minimum atomic E-state index is -0.749. The Labute approximate surface area is 55.3 Å². The fourth-order valence-electron chi connectivity index (χ4n) is 0.465. The van der Waals surface area contributed by atoms with E-state index in [-0.39, 0.29) is 11.6 Å². The van der Waals surface area contributed by atoms with Crippen LogP contribution in [0.3, 0.4) is 0 Å². The number of alkyl halides is 1. The molecule has 1 rings (SSSR count). The number of halogens is 1. The summed E-state index contributed by atoms with van der Waals surface area (Å²) >= 11 is 0. The smallest absolute Gasteiger partial charge is 0.242 e. The highest BCUT2D eigenvalue weighted by Crippen LogP contribution is 2.11. The zero-order valence-corrected chi connectivity index (χ0v) is 4.87. The van der Waals surface area contributed by atoms with E-state index >= 15 is 0 Å². The average Bonchev–Trinajstić information content (AvgIpc) is 2.37. The summed E-state index contributed by atoms with van der Waals surface area (Å²) in [6.45, 7) is -0.749. The van der Waals surface area contributed by atoms with Crippen molar-refractivity contribution in [1.82, 2.24) is 5.16 Å². The number of aliphatic imine (C=N–C) groups is 1. The Kier molecular flexibility index (Phi) is 1.92. The lowest BCUT2D eigenvalue weighted by atomic mass is 10.5. The summed E-state index contributed by atoms with van der Waals surface area (Å²) in [5.41, 5.74) is 0. The molecule has 0 aliphatic heterocycles. The van der Waals surface area contributed by atoms with Crippen LogP contribution < -0.4 is 0 Å². The molecule has 0 N–H and O–H groups in total. The van der Waals surface area contributed by atoms with Gasteiger partial charge in [0, 0.05) is 6.07 Å². The van der Waals surface area contributed by atoms with Crippen molar-refractivity contribution in [2.45, 2.75) is 6.67 Å². The lowest BCUT2D eigenvalue weighted by Crippen LogP contribution is -1.65. The van der Waals surface area contributed by atoms with Crippen molar-refractivity contribution in [3.63, 3.8) is 0 Å². The number of hydrogen-bond acceptors (Lipinski definition) is 4. The SMILES string of the molecule is O=C=Nc1cc(CF)on1. The minimum Gasteiger partial charge on any atom is -0.356 e. The van der Waals surface area contributed by atoms with Crippen LogP contribution in [0, 0.1) is 0 Å². The van der Waals surface area contributed by atoms with Gasteiger partial charge in [0.1, 0.15) is 0 Å². The van der Waals surface area contributed by atoms with Gasteiger partial charge in [-0.05, 0) is 0 Å². The third kappa shape index (κ3) is 1.27. The molecule has 1 aromatic heterocycles. The van der Waals surface area contributed by atoms with Gasteiger partial charge in [0.05, 0.1) is 0 Å². The van der Waals surface area contributed by atoms with Gasteiger partial charge >= 0.3 is 0 Å². The summed E-state index contributed by atoms with van der Waals surface area (Å²) in [7, 11) is 0. The first-order valence-electron chi connectivity index (χ1n) is 2.46. The van der Waals surface area contributed by atoms with Crippen LogP contribution in [0.5, 0.6) is 0 Å². The van der Waals surface area contributed by atoms with E-state index in [0.717, 1.165) is 0 Å². The van der Waals surface area contributed by atoms with Crippen LogP contribution in [0.4, 0.5) is 10.2 Å². The van der Waals surface area contributed by atoms with Crippen LogP contribution in [0.25, 0.3) is 0 Å². The van der Waals surface area contributed by atoms with Crippen molar-refractivity contribution in [3.05, 3.63) is 11.8 Å². The van der Waals surface area contributed by atoms with Gasteiger partial charge in [-0.2, -0.15) is 0 Å². The second-order valence-corrected chi connectivity index (χ2v) is 1.49. The van der Waals surface area contributed by atoms with Crippen LogP contribution in [0.1, 0.15) is 5.76 Å². The van der Waals surface area contributed by atoms with Crippen molar-refractivity contribution >= 4 is 11.9 Å². The molecule has 52 valence electrons. The Balaban J connectivity index is 2.87. The summed E-state index contributed by atoms with van der Waals surface area (Å²) in [6.07, 6.45) is 1.25. The van der Waals surface area contributed by atoms with E-state index in [1.807, 2.05) is 0 Å². The summed E-state index contributed by atoms with van der Waals surface area (Å²) in [6, 6.07) is 1.23. The lowest BCUT2D eigenvalue weighted by molar-refractivity contribution is 0.331. The maximum Gasteiger partial charge on any atom is 0.242 e. The Morgan fingerprint density at radius 3 is 3.20 bits per heavy atom. The maximum absolute atomic E-state index is 11.7. The molecule has 1 heterocycles. The van der Waals surface area contributed by atoms with Crippen molar-refractivity contribution in [3.8, 4) is 0 Å². The van der Waals surface area contributed by atoms with Gasteiger partial charge in [-0.3, -0.25) is 0 Å². The summed E-state index contributed by atoms with van der Waals surface area (Å²) in [5, 5.41) is 3.23. The molecule has 0 unspecified atom stereocenters. The Hall–Kier alpha value is -1.48. The van der Waals surface area contributed by atoms with Crippen LogP contribution >= 0.6 is 0 Å². The van der Waals surface area contributed by atoms with Crippen molar-refractivity contribution in [2.24, 2.45) is 4.99 Å². The Bertz CT molecular complexity index is 264. The van der Waals surface area contributed by atoms with E-state index in [1.165, 1.54) is 12.1 Å². The minimum absolute atomic E-state index is 0.0441. The third-order valence-corrected chi connectivity index (χ3v) is 0.838. The number of nitrogens with zero attached hydrogens (tertiary/aromatic N) is 2.